The Hall–Kier alpha value is -3.62. The van der Waals surface area contributed by atoms with Crippen LogP contribution in [0.5, 0.6) is 11.5 Å². The van der Waals surface area contributed by atoms with E-state index in [0.29, 0.717) is 45.5 Å². The summed E-state index contributed by atoms with van der Waals surface area (Å²) in [7, 11) is 0. The average molecular weight is 556 g/mol. The van der Waals surface area contributed by atoms with Gasteiger partial charge in [-0.05, 0) is 88.6 Å². The van der Waals surface area contributed by atoms with Gasteiger partial charge in [-0.1, -0.05) is 29.8 Å². The molecule has 9 heteroatoms. The number of anilines is 1. The van der Waals surface area contributed by atoms with Crippen LogP contribution in [0.3, 0.4) is 0 Å². The molecule has 1 heterocycles. The zero-order chi connectivity index (χ0) is 24.9. The highest BCUT2D eigenvalue weighted by molar-refractivity contribution is 9.10. The number of hydrogen-bond donors (Lipinski definition) is 1. The molecular weight excluding hydrogens is 536 g/mol. The second-order valence-electron chi connectivity index (χ2n) is 7.49. The number of amides is 4. The van der Waals surface area contributed by atoms with Crippen LogP contribution in [0.1, 0.15) is 18.1 Å². The minimum absolute atomic E-state index is 0.166. The van der Waals surface area contributed by atoms with Gasteiger partial charge >= 0.3 is 6.03 Å². The van der Waals surface area contributed by atoms with E-state index in [1.54, 1.807) is 54.6 Å². The Morgan fingerprint density at radius 3 is 2.34 bits per heavy atom. The Morgan fingerprint density at radius 2 is 1.69 bits per heavy atom. The van der Waals surface area contributed by atoms with Crippen LogP contribution in [0.4, 0.5) is 10.5 Å². The molecule has 1 saturated heterocycles. The molecule has 0 aromatic heterocycles. The van der Waals surface area contributed by atoms with Gasteiger partial charge in [0.25, 0.3) is 11.8 Å². The third-order valence-electron chi connectivity index (χ3n) is 5.08. The van der Waals surface area contributed by atoms with Crippen LogP contribution in [-0.4, -0.2) is 24.5 Å². The van der Waals surface area contributed by atoms with Crippen molar-refractivity contribution < 1.29 is 23.9 Å². The number of benzene rings is 3. The van der Waals surface area contributed by atoms with Crippen LogP contribution in [0, 0.1) is 0 Å². The van der Waals surface area contributed by atoms with Crippen LogP contribution < -0.4 is 19.7 Å². The molecule has 1 aliphatic heterocycles. The summed E-state index contributed by atoms with van der Waals surface area (Å²) >= 11 is 9.38. The van der Waals surface area contributed by atoms with Crippen molar-refractivity contribution in [3.8, 4) is 11.5 Å². The van der Waals surface area contributed by atoms with Gasteiger partial charge in [-0.15, -0.1) is 0 Å². The molecule has 3 aromatic rings. The van der Waals surface area contributed by atoms with Crippen LogP contribution >= 0.6 is 27.5 Å². The summed E-state index contributed by atoms with van der Waals surface area (Å²) in [5, 5.41) is 2.87. The molecule has 3 aromatic carbocycles. The summed E-state index contributed by atoms with van der Waals surface area (Å²) in [4.78, 5) is 38.9. The molecule has 0 unspecified atom stereocenters. The predicted octanol–water partition coefficient (Wildman–Crippen LogP) is 5.75. The molecule has 0 aliphatic carbocycles. The van der Waals surface area contributed by atoms with Crippen molar-refractivity contribution in [2.24, 2.45) is 0 Å². The van der Waals surface area contributed by atoms with E-state index in [0.717, 1.165) is 10.5 Å². The van der Waals surface area contributed by atoms with Crippen LogP contribution in [-0.2, 0) is 16.2 Å². The van der Waals surface area contributed by atoms with Gasteiger partial charge in [0.05, 0.1) is 16.8 Å². The first kappa shape index (κ1) is 24.5. The van der Waals surface area contributed by atoms with E-state index in [2.05, 4.69) is 21.2 Å². The van der Waals surface area contributed by atoms with Gasteiger partial charge in [0.1, 0.15) is 23.7 Å². The van der Waals surface area contributed by atoms with Crippen molar-refractivity contribution in [1.29, 1.82) is 0 Å². The Labute approximate surface area is 215 Å². The summed E-state index contributed by atoms with van der Waals surface area (Å²) in [5.74, 6) is -0.285. The minimum atomic E-state index is -0.812. The highest BCUT2D eigenvalue weighted by Crippen LogP contribution is 2.29. The summed E-state index contributed by atoms with van der Waals surface area (Å²) in [6.07, 6.45) is 1.43. The SMILES string of the molecule is CCOc1ccc(N2C(=O)NC(=O)/C(=C\c3ccc(OCc4ccc(Cl)cc4)c(Br)c3)C2=O)cc1. The fourth-order valence-corrected chi connectivity index (χ4v) is 4.02. The maximum absolute atomic E-state index is 13.1. The zero-order valence-corrected chi connectivity index (χ0v) is 20.9. The first-order valence-corrected chi connectivity index (χ1v) is 11.8. The topological polar surface area (TPSA) is 84.9 Å². The zero-order valence-electron chi connectivity index (χ0n) is 18.6. The number of imide groups is 2. The lowest BCUT2D eigenvalue weighted by atomic mass is 10.1. The number of carbonyl (C=O) groups excluding carboxylic acids is 3. The molecule has 35 heavy (non-hydrogen) atoms. The molecule has 4 amide bonds. The monoisotopic (exact) mass is 554 g/mol. The number of halogens is 2. The molecule has 1 N–H and O–H groups in total. The molecule has 7 nitrogen and oxygen atoms in total. The quantitative estimate of drug-likeness (QED) is 0.297. The Morgan fingerprint density at radius 1 is 0.971 bits per heavy atom. The molecule has 0 atom stereocenters. The summed E-state index contributed by atoms with van der Waals surface area (Å²) in [6, 6.07) is 18.2. The number of nitrogens with zero attached hydrogens (tertiary/aromatic N) is 1. The van der Waals surface area contributed by atoms with Crippen LogP contribution in [0.25, 0.3) is 6.08 Å². The van der Waals surface area contributed by atoms with E-state index >= 15 is 0 Å². The summed E-state index contributed by atoms with van der Waals surface area (Å²) < 4.78 is 11.9. The third kappa shape index (κ3) is 5.72. The summed E-state index contributed by atoms with van der Waals surface area (Å²) in [5.41, 5.74) is 1.69. The number of barbiturate groups is 1. The lowest BCUT2D eigenvalue weighted by Crippen LogP contribution is -2.54. The van der Waals surface area contributed by atoms with Gasteiger partial charge in [-0.2, -0.15) is 0 Å². The Balaban J connectivity index is 1.53. The molecule has 4 rings (SSSR count). The number of hydrogen-bond acceptors (Lipinski definition) is 5. The second kappa shape index (κ2) is 10.8. The number of carbonyl (C=O) groups is 3. The molecular formula is C26H20BrClN2O5. The summed E-state index contributed by atoms with van der Waals surface area (Å²) in [6.45, 7) is 2.69. The smallest absolute Gasteiger partial charge is 0.335 e. The molecule has 0 radical (unpaired) electrons. The van der Waals surface area contributed by atoms with Crippen molar-refractivity contribution in [2.75, 3.05) is 11.5 Å². The molecule has 1 fully saturated rings. The highest BCUT2D eigenvalue weighted by Gasteiger charge is 2.36. The molecule has 0 saturated carbocycles. The highest BCUT2D eigenvalue weighted by atomic mass is 79.9. The van der Waals surface area contributed by atoms with Gasteiger partial charge in [0, 0.05) is 5.02 Å². The Kier molecular flexibility index (Phi) is 7.53. The fourth-order valence-electron chi connectivity index (χ4n) is 3.38. The second-order valence-corrected chi connectivity index (χ2v) is 8.78. The first-order valence-electron chi connectivity index (χ1n) is 10.7. The van der Waals surface area contributed by atoms with Crippen molar-refractivity contribution >= 4 is 57.1 Å². The van der Waals surface area contributed by atoms with E-state index in [1.807, 2.05) is 19.1 Å². The van der Waals surface area contributed by atoms with Crippen LogP contribution in [0.15, 0.2) is 76.8 Å². The van der Waals surface area contributed by atoms with Gasteiger partial charge in [-0.25, -0.2) is 9.69 Å². The molecule has 0 spiro atoms. The van der Waals surface area contributed by atoms with Crippen molar-refractivity contribution in [3.05, 3.63) is 92.9 Å². The first-order chi connectivity index (χ1) is 16.9. The standard InChI is InChI=1S/C26H20BrClN2O5/c1-2-34-20-10-8-19(9-11-20)30-25(32)21(24(31)29-26(30)33)13-17-5-12-23(22(27)14-17)35-15-16-3-6-18(28)7-4-16/h3-14H,2,15H2,1H3,(H,29,31,33)/b21-13+. The lowest BCUT2D eigenvalue weighted by molar-refractivity contribution is -0.122. The van der Waals surface area contributed by atoms with Gasteiger partial charge in [0.15, 0.2) is 0 Å². The molecule has 0 bridgehead atoms. The van der Waals surface area contributed by atoms with Gasteiger partial charge < -0.3 is 9.47 Å². The van der Waals surface area contributed by atoms with E-state index in [4.69, 9.17) is 21.1 Å². The maximum atomic E-state index is 13.1. The van der Waals surface area contributed by atoms with Gasteiger partial charge in [-0.3, -0.25) is 14.9 Å². The maximum Gasteiger partial charge on any atom is 0.335 e. The van der Waals surface area contributed by atoms with Crippen molar-refractivity contribution in [1.82, 2.24) is 5.32 Å². The lowest BCUT2D eigenvalue weighted by Gasteiger charge is -2.26. The number of ether oxygens (including phenoxy) is 2. The van der Waals surface area contributed by atoms with Crippen molar-refractivity contribution in [3.63, 3.8) is 0 Å². The number of urea groups is 1. The largest absolute Gasteiger partial charge is 0.494 e. The fraction of sp³-hybridized carbons (Fsp3) is 0.115. The Bertz CT molecular complexity index is 1310. The van der Waals surface area contributed by atoms with E-state index < -0.39 is 17.8 Å². The van der Waals surface area contributed by atoms with E-state index in [-0.39, 0.29) is 5.57 Å². The number of nitrogens with one attached hydrogen (secondary N) is 1. The average Bonchev–Trinajstić information content (AvgIpc) is 2.83. The van der Waals surface area contributed by atoms with Gasteiger partial charge in [0.2, 0.25) is 0 Å². The molecule has 1 aliphatic rings. The molecule has 178 valence electrons. The number of rotatable bonds is 7. The van der Waals surface area contributed by atoms with Crippen LogP contribution in [0.2, 0.25) is 5.02 Å². The van der Waals surface area contributed by atoms with E-state index in [1.165, 1.54) is 6.08 Å². The minimum Gasteiger partial charge on any atom is -0.494 e. The van der Waals surface area contributed by atoms with Crippen molar-refractivity contribution in [2.45, 2.75) is 13.5 Å². The third-order valence-corrected chi connectivity index (χ3v) is 5.95. The van der Waals surface area contributed by atoms with E-state index in [9.17, 15) is 14.4 Å². The predicted molar refractivity (Wildman–Crippen MR) is 137 cm³/mol. The normalized spacial score (nSPS) is 14.8.